The van der Waals surface area contributed by atoms with Crippen LogP contribution in [0.4, 0.5) is 4.39 Å². The van der Waals surface area contributed by atoms with Gasteiger partial charge in [0.05, 0.1) is 23.3 Å². The highest BCUT2D eigenvalue weighted by Crippen LogP contribution is 2.36. The molecule has 0 saturated heterocycles. The summed E-state index contributed by atoms with van der Waals surface area (Å²) >= 11 is 0. The third-order valence-electron chi connectivity index (χ3n) is 5.46. The Bertz CT molecular complexity index is 1360. The molecule has 0 unspecified atom stereocenters. The van der Waals surface area contributed by atoms with Crippen LogP contribution in [-0.2, 0) is 6.54 Å². The number of carbonyl (C=O) groups is 2. The average molecular weight is 431 g/mol. The zero-order valence-corrected chi connectivity index (χ0v) is 17.9. The molecule has 0 radical (unpaired) electrons. The Hall–Kier alpha value is -4.07. The Morgan fingerprint density at radius 3 is 2.41 bits per heavy atom. The lowest BCUT2D eigenvalue weighted by Gasteiger charge is -2.15. The first-order valence-electron chi connectivity index (χ1n) is 10.0. The van der Waals surface area contributed by atoms with E-state index < -0.39 is 11.8 Å². The van der Waals surface area contributed by atoms with Crippen LogP contribution < -0.4 is 11.1 Å². The molecule has 0 aliphatic heterocycles. The van der Waals surface area contributed by atoms with Gasteiger partial charge in [0.15, 0.2) is 0 Å². The largest absolute Gasteiger partial charge is 0.366 e. The standard InChI is InChI=1S/C24H22FN5O2/c1-13-19(14(2)30(29-13)12-15-8-10-16(25)11-9-15)21-20(23(26)31)17-6-4-5-7-18(17)28-22(21)24(32)27-3/h4-11H,12H2,1-3H3,(H2,26,31)(H,27,32). The van der Waals surface area contributed by atoms with Crippen LogP contribution in [0.1, 0.15) is 37.8 Å². The van der Waals surface area contributed by atoms with Gasteiger partial charge in [0.1, 0.15) is 11.5 Å². The minimum absolute atomic E-state index is 0.104. The molecule has 8 heteroatoms. The number of primary amides is 1. The molecule has 3 N–H and O–H groups in total. The molecule has 2 aromatic heterocycles. The van der Waals surface area contributed by atoms with Crippen LogP contribution in [0.3, 0.4) is 0 Å². The summed E-state index contributed by atoms with van der Waals surface area (Å²) in [4.78, 5) is 30.0. The summed E-state index contributed by atoms with van der Waals surface area (Å²) < 4.78 is 15.0. The lowest BCUT2D eigenvalue weighted by atomic mass is 9.92. The first kappa shape index (κ1) is 21.2. The van der Waals surface area contributed by atoms with Gasteiger partial charge in [0.2, 0.25) is 5.91 Å². The van der Waals surface area contributed by atoms with E-state index in [-0.39, 0.29) is 17.1 Å². The molecule has 4 aromatic rings. The topological polar surface area (TPSA) is 103 Å². The molecule has 0 atom stereocenters. The molecule has 0 saturated carbocycles. The molecule has 4 rings (SSSR count). The van der Waals surface area contributed by atoms with Crippen molar-refractivity contribution in [1.82, 2.24) is 20.1 Å². The lowest BCUT2D eigenvalue weighted by molar-refractivity contribution is 0.0959. The van der Waals surface area contributed by atoms with Crippen molar-refractivity contribution in [1.29, 1.82) is 0 Å². The van der Waals surface area contributed by atoms with Gasteiger partial charge in [-0.05, 0) is 37.6 Å². The Morgan fingerprint density at radius 1 is 1.06 bits per heavy atom. The fraction of sp³-hybridized carbons (Fsp3) is 0.167. The number of para-hydroxylation sites is 1. The number of halogens is 1. The van der Waals surface area contributed by atoms with E-state index >= 15 is 0 Å². The van der Waals surface area contributed by atoms with E-state index in [1.165, 1.54) is 19.2 Å². The maximum Gasteiger partial charge on any atom is 0.270 e. The Kier molecular flexibility index (Phi) is 5.44. The molecule has 0 fully saturated rings. The molecule has 0 bridgehead atoms. The summed E-state index contributed by atoms with van der Waals surface area (Å²) in [6.45, 7) is 4.05. The highest BCUT2D eigenvalue weighted by atomic mass is 19.1. The monoisotopic (exact) mass is 431 g/mol. The van der Waals surface area contributed by atoms with E-state index in [0.717, 1.165) is 11.3 Å². The van der Waals surface area contributed by atoms with Gasteiger partial charge in [-0.25, -0.2) is 9.37 Å². The minimum atomic E-state index is -0.658. The number of carbonyl (C=O) groups excluding carboxylic acids is 2. The summed E-state index contributed by atoms with van der Waals surface area (Å²) in [7, 11) is 1.50. The molecule has 2 heterocycles. The summed E-state index contributed by atoms with van der Waals surface area (Å²) in [5, 5.41) is 7.78. The maximum absolute atomic E-state index is 13.3. The number of rotatable bonds is 5. The number of nitrogens with one attached hydrogen (secondary N) is 1. The molecule has 162 valence electrons. The van der Waals surface area contributed by atoms with Crippen molar-refractivity contribution in [3.63, 3.8) is 0 Å². The highest BCUT2D eigenvalue weighted by Gasteiger charge is 2.28. The first-order chi connectivity index (χ1) is 15.3. The molecule has 7 nitrogen and oxygen atoms in total. The molecule has 0 aliphatic rings. The number of hydrogen-bond donors (Lipinski definition) is 2. The van der Waals surface area contributed by atoms with Crippen molar-refractivity contribution in [2.45, 2.75) is 20.4 Å². The van der Waals surface area contributed by atoms with E-state index in [1.54, 1.807) is 48.0 Å². The molecular weight excluding hydrogens is 409 g/mol. The minimum Gasteiger partial charge on any atom is -0.366 e. The van der Waals surface area contributed by atoms with Gasteiger partial charge in [-0.15, -0.1) is 0 Å². The van der Waals surface area contributed by atoms with Crippen molar-refractivity contribution < 1.29 is 14.0 Å². The number of pyridine rings is 1. The van der Waals surface area contributed by atoms with Crippen LogP contribution in [0, 0.1) is 19.7 Å². The zero-order chi connectivity index (χ0) is 23.0. The Labute approximate surface area is 184 Å². The number of hydrogen-bond acceptors (Lipinski definition) is 4. The van der Waals surface area contributed by atoms with E-state index in [4.69, 9.17) is 5.73 Å². The quantitative estimate of drug-likeness (QED) is 0.506. The number of amides is 2. The average Bonchev–Trinajstić information content (AvgIpc) is 3.05. The van der Waals surface area contributed by atoms with Gasteiger partial charge in [0, 0.05) is 29.3 Å². The van der Waals surface area contributed by atoms with Crippen molar-refractivity contribution in [3.05, 3.63) is 82.6 Å². The Morgan fingerprint density at radius 2 is 1.75 bits per heavy atom. The van der Waals surface area contributed by atoms with Crippen LogP contribution >= 0.6 is 0 Å². The number of aromatic nitrogens is 3. The third kappa shape index (κ3) is 3.60. The van der Waals surface area contributed by atoms with Crippen molar-refractivity contribution in [3.8, 4) is 11.1 Å². The Balaban J connectivity index is 1.99. The highest BCUT2D eigenvalue weighted by molar-refractivity contribution is 6.15. The zero-order valence-electron chi connectivity index (χ0n) is 17.9. The van der Waals surface area contributed by atoms with E-state index in [1.807, 2.05) is 6.92 Å². The molecule has 2 aromatic carbocycles. The van der Waals surface area contributed by atoms with Gasteiger partial charge in [-0.2, -0.15) is 5.10 Å². The van der Waals surface area contributed by atoms with Gasteiger partial charge in [0.25, 0.3) is 5.91 Å². The van der Waals surface area contributed by atoms with Crippen LogP contribution in [0.5, 0.6) is 0 Å². The fourth-order valence-electron chi connectivity index (χ4n) is 3.97. The number of fused-ring (bicyclic) bond motifs is 1. The summed E-state index contributed by atoms with van der Waals surface area (Å²) in [6.07, 6.45) is 0. The van der Waals surface area contributed by atoms with Gasteiger partial charge < -0.3 is 11.1 Å². The van der Waals surface area contributed by atoms with Crippen LogP contribution in [-0.4, -0.2) is 33.6 Å². The van der Waals surface area contributed by atoms with Gasteiger partial charge in [-0.3, -0.25) is 14.3 Å². The molecule has 32 heavy (non-hydrogen) atoms. The molecular formula is C24H22FN5O2. The second kappa shape index (κ2) is 8.22. The fourth-order valence-corrected chi connectivity index (χ4v) is 3.97. The molecule has 2 amide bonds. The smallest absolute Gasteiger partial charge is 0.270 e. The summed E-state index contributed by atoms with van der Waals surface area (Å²) in [5.41, 5.74) is 9.83. The lowest BCUT2D eigenvalue weighted by Crippen LogP contribution is -2.23. The number of benzene rings is 2. The summed E-state index contributed by atoms with van der Waals surface area (Å²) in [6, 6.07) is 13.2. The molecule has 0 spiro atoms. The van der Waals surface area contributed by atoms with E-state index in [0.29, 0.717) is 34.3 Å². The van der Waals surface area contributed by atoms with Crippen LogP contribution in [0.15, 0.2) is 48.5 Å². The van der Waals surface area contributed by atoms with Crippen molar-refractivity contribution in [2.24, 2.45) is 5.73 Å². The predicted octanol–water partition coefficient (Wildman–Crippen LogP) is 3.36. The van der Waals surface area contributed by atoms with Crippen molar-refractivity contribution >= 4 is 22.7 Å². The van der Waals surface area contributed by atoms with E-state index in [2.05, 4.69) is 15.4 Å². The predicted molar refractivity (Wildman–Crippen MR) is 120 cm³/mol. The van der Waals surface area contributed by atoms with Crippen LogP contribution in [0.2, 0.25) is 0 Å². The number of aryl methyl sites for hydroxylation is 1. The first-order valence-corrected chi connectivity index (χ1v) is 10.0. The normalized spacial score (nSPS) is 11.0. The molecule has 0 aliphatic carbocycles. The third-order valence-corrected chi connectivity index (χ3v) is 5.46. The SMILES string of the molecule is CNC(=O)c1nc2ccccc2c(C(N)=O)c1-c1c(C)nn(Cc2ccc(F)cc2)c1C. The maximum atomic E-state index is 13.3. The number of nitrogens with two attached hydrogens (primary N) is 1. The van der Waals surface area contributed by atoms with Gasteiger partial charge >= 0.3 is 0 Å². The number of nitrogens with zero attached hydrogens (tertiary/aromatic N) is 3. The van der Waals surface area contributed by atoms with Crippen LogP contribution in [0.25, 0.3) is 22.0 Å². The second-order valence-electron chi connectivity index (χ2n) is 7.50. The second-order valence-corrected chi connectivity index (χ2v) is 7.50. The van der Waals surface area contributed by atoms with Crippen molar-refractivity contribution in [2.75, 3.05) is 7.05 Å². The summed E-state index contributed by atoms with van der Waals surface area (Å²) in [5.74, 6) is -1.40. The van der Waals surface area contributed by atoms with Gasteiger partial charge in [-0.1, -0.05) is 30.3 Å². The van der Waals surface area contributed by atoms with E-state index in [9.17, 15) is 14.0 Å².